The fraction of sp³-hybridized carbons (Fsp3) is 1.00. The Morgan fingerprint density at radius 3 is 1.90 bits per heavy atom. The standard InChI is InChI=1S/C7H17ClOSi/c1-4-10(5-2,9-3)7-6-8/h4-7H2,1-3H3. The Bertz CT molecular complexity index is 75.4. The van der Waals surface area contributed by atoms with Gasteiger partial charge in [0.25, 0.3) is 0 Å². The van der Waals surface area contributed by atoms with E-state index in [1.165, 1.54) is 12.1 Å². The first-order chi connectivity index (χ1) is 4.74. The maximum absolute atomic E-state index is 5.68. The summed E-state index contributed by atoms with van der Waals surface area (Å²) in [4.78, 5) is 0. The lowest BCUT2D eigenvalue weighted by Gasteiger charge is -2.25. The van der Waals surface area contributed by atoms with Crippen LogP contribution in [0.1, 0.15) is 13.8 Å². The lowest BCUT2D eigenvalue weighted by molar-refractivity contribution is 0.393. The number of alkyl halides is 1. The quantitative estimate of drug-likeness (QED) is 0.467. The van der Waals surface area contributed by atoms with Gasteiger partial charge < -0.3 is 4.43 Å². The Hall–Kier alpha value is 0.467. The van der Waals surface area contributed by atoms with E-state index >= 15 is 0 Å². The second-order valence-corrected chi connectivity index (χ2v) is 7.60. The highest BCUT2D eigenvalue weighted by Gasteiger charge is 2.28. The normalized spacial score (nSPS) is 12.0. The first-order valence-electron chi connectivity index (χ1n) is 3.85. The molecule has 0 aromatic carbocycles. The van der Waals surface area contributed by atoms with Gasteiger partial charge in [-0.15, -0.1) is 11.6 Å². The molecule has 0 aliphatic carbocycles. The van der Waals surface area contributed by atoms with Gasteiger partial charge in [0.05, 0.1) is 0 Å². The molecule has 0 unspecified atom stereocenters. The van der Waals surface area contributed by atoms with Gasteiger partial charge in [0.2, 0.25) is 0 Å². The lowest BCUT2D eigenvalue weighted by Crippen LogP contribution is -2.35. The third-order valence-electron chi connectivity index (χ3n) is 2.27. The Balaban J connectivity index is 3.87. The third-order valence-corrected chi connectivity index (χ3v) is 7.38. The fourth-order valence-electron chi connectivity index (χ4n) is 1.17. The molecule has 0 aliphatic rings. The van der Waals surface area contributed by atoms with Gasteiger partial charge in [-0.3, -0.25) is 0 Å². The molecular weight excluding hydrogens is 164 g/mol. The Labute approximate surface area is 69.9 Å². The summed E-state index contributed by atoms with van der Waals surface area (Å²) >= 11 is 5.68. The second kappa shape index (κ2) is 5.16. The Kier molecular flexibility index (Phi) is 5.40. The Morgan fingerprint density at radius 1 is 1.30 bits per heavy atom. The van der Waals surface area contributed by atoms with E-state index in [2.05, 4.69) is 13.8 Å². The summed E-state index contributed by atoms with van der Waals surface area (Å²) in [5.41, 5.74) is 0. The summed E-state index contributed by atoms with van der Waals surface area (Å²) in [6.07, 6.45) is 0. The molecule has 0 rings (SSSR count). The predicted molar refractivity (Wildman–Crippen MR) is 49.3 cm³/mol. The number of halogens is 1. The summed E-state index contributed by atoms with van der Waals surface area (Å²) < 4.78 is 5.53. The van der Waals surface area contributed by atoms with Crippen molar-refractivity contribution >= 4 is 19.9 Å². The van der Waals surface area contributed by atoms with E-state index in [9.17, 15) is 0 Å². The van der Waals surface area contributed by atoms with Gasteiger partial charge in [0.1, 0.15) is 0 Å². The maximum Gasteiger partial charge on any atom is 0.192 e. The zero-order chi connectivity index (χ0) is 8.04. The predicted octanol–water partition coefficient (Wildman–Crippen LogP) is 2.86. The highest BCUT2D eigenvalue weighted by molar-refractivity contribution is 6.74. The van der Waals surface area contributed by atoms with Crippen LogP contribution in [0.2, 0.25) is 18.1 Å². The molecular formula is C7H17ClOSi. The molecule has 0 N–H and O–H groups in total. The summed E-state index contributed by atoms with van der Waals surface area (Å²) in [6, 6.07) is 3.47. The molecule has 0 saturated carbocycles. The minimum Gasteiger partial charge on any atom is -0.420 e. The first kappa shape index (κ1) is 10.5. The van der Waals surface area contributed by atoms with Gasteiger partial charge in [0, 0.05) is 13.0 Å². The van der Waals surface area contributed by atoms with Crippen LogP contribution in [0, 0.1) is 0 Å². The molecule has 10 heavy (non-hydrogen) atoms. The van der Waals surface area contributed by atoms with Gasteiger partial charge in [-0.2, -0.15) is 0 Å². The average Bonchev–Trinajstić information content (AvgIpc) is 2.01. The molecule has 1 nitrogen and oxygen atoms in total. The van der Waals surface area contributed by atoms with Crippen LogP contribution in [0.25, 0.3) is 0 Å². The lowest BCUT2D eigenvalue weighted by atomic mass is 10.9. The highest BCUT2D eigenvalue weighted by Crippen LogP contribution is 2.21. The van der Waals surface area contributed by atoms with Crippen molar-refractivity contribution in [2.45, 2.75) is 32.0 Å². The minimum absolute atomic E-state index is 0.752. The highest BCUT2D eigenvalue weighted by atomic mass is 35.5. The van der Waals surface area contributed by atoms with E-state index in [-0.39, 0.29) is 0 Å². The molecule has 3 heteroatoms. The molecule has 0 amide bonds. The van der Waals surface area contributed by atoms with Crippen molar-refractivity contribution < 1.29 is 4.43 Å². The van der Waals surface area contributed by atoms with Crippen LogP contribution in [0.4, 0.5) is 0 Å². The van der Waals surface area contributed by atoms with Gasteiger partial charge in [-0.25, -0.2) is 0 Å². The van der Waals surface area contributed by atoms with Crippen LogP contribution in [0.3, 0.4) is 0 Å². The van der Waals surface area contributed by atoms with Gasteiger partial charge in [-0.05, 0) is 18.1 Å². The van der Waals surface area contributed by atoms with E-state index in [0.29, 0.717) is 0 Å². The molecule has 0 aromatic rings. The summed E-state index contributed by atoms with van der Waals surface area (Å²) in [7, 11) is 0.476. The maximum atomic E-state index is 5.68. The van der Waals surface area contributed by atoms with Crippen molar-refractivity contribution in [3.8, 4) is 0 Å². The molecule has 0 bridgehead atoms. The van der Waals surface area contributed by atoms with Crippen molar-refractivity contribution in [3.63, 3.8) is 0 Å². The molecule has 0 atom stereocenters. The summed E-state index contributed by atoms with van der Waals surface area (Å²) in [5, 5.41) is 0. The van der Waals surface area contributed by atoms with Gasteiger partial charge in [-0.1, -0.05) is 13.8 Å². The monoisotopic (exact) mass is 180 g/mol. The SMILES string of the molecule is CC[Si](CC)(CCCl)OC. The molecule has 0 aliphatic heterocycles. The van der Waals surface area contributed by atoms with E-state index in [0.717, 1.165) is 11.9 Å². The molecule has 0 aromatic heterocycles. The third kappa shape index (κ3) is 2.60. The van der Waals surface area contributed by atoms with Crippen molar-refractivity contribution in [2.75, 3.05) is 13.0 Å². The molecule has 62 valence electrons. The van der Waals surface area contributed by atoms with E-state index in [1.807, 2.05) is 7.11 Å². The smallest absolute Gasteiger partial charge is 0.192 e. The van der Waals surface area contributed by atoms with Crippen molar-refractivity contribution in [3.05, 3.63) is 0 Å². The molecule has 0 spiro atoms. The van der Waals surface area contributed by atoms with Crippen LogP contribution >= 0.6 is 11.6 Å². The fourth-order valence-corrected chi connectivity index (χ4v) is 4.53. The largest absolute Gasteiger partial charge is 0.420 e. The van der Waals surface area contributed by atoms with Crippen molar-refractivity contribution in [2.24, 2.45) is 0 Å². The van der Waals surface area contributed by atoms with Crippen LogP contribution < -0.4 is 0 Å². The van der Waals surface area contributed by atoms with Gasteiger partial charge in [0.15, 0.2) is 8.32 Å². The van der Waals surface area contributed by atoms with Crippen LogP contribution in [0.5, 0.6) is 0 Å². The first-order valence-corrected chi connectivity index (χ1v) is 6.92. The summed E-state index contributed by atoms with van der Waals surface area (Å²) in [6.45, 7) is 4.40. The van der Waals surface area contributed by atoms with Gasteiger partial charge >= 0.3 is 0 Å². The number of hydrogen-bond donors (Lipinski definition) is 0. The van der Waals surface area contributed by atoms with Crippen LogP contribution in [0.15, 0.2) is 0 Å². The number of rotatable bonds is 5. The van der Waals surface area contributed by atoms with E-state index < -0.39 is 8.32 Å². The zero-order valence-corrected chi connectivity index (χ0v) is 8.87. The number of hydrogen-bond acceptors (Lipinski definition) is 1. The van der Waals surface area contributed by atoms with E-state index in [1.54, 1.807) is 0 Å². The zero-order valence-electron chi connectivity index (χ0n) is 7.11. The topological polar surface area (TPSA) is 9.23 Å². The average molecular weight is 181 g/mol. The molecule has 0 saturated heterocycles. The molecule has 0 heterocycles. The van der Waals surface area contributed by atoms with Crippen LogP contribution in [-0.2, 0) is 4.43 Å². The van der Waals surface area contributed by atoms with Crippen molar-refractivity contribution in [1.82, 2.24) is 0 Å². The van der Waals surface area contributed by atoms with Crippen LogP contribution in [-0.4, -0.2) is 21.3 Å². The van der Waals surface area contributed by atoms with Crippen molar-refractivity contribution in [1.29, 1.82) is 0 Å². The molecule has 0 fully saturated rings. The Morgan fingerprint density at radius 2 is 1.80 bits per heavy atom. The summed E-state index contributed by atoms with van der Waals surface area (Å²) in [5.74, 6) is 0.752. The molecule has 0 radical (unpaired) electrons. The minimum atomic E-state index is -1.35. The van der Waals surface area contributed by atoms with E-state index in [4.69, 9.17) is 16.0 Å². The second-order valence-electron chi connectivity index (χ2n) is 2.53.